The van der Waals surface area contributed by atoms with Crippen LogP contribution in [-0.4, -0.2) is 22.6 Å². The van der Waals surface area contributed by atoms with Gasteiger partial charge < -0.3 is 10.4 Å². The molecule has 0 saturated carbocycles. The van der Waals surface area contributed by atoms with Crippen LogP contribution in [0.3, 0.4) is 0 Å². The number of carboxylic acid groups (broad SMARTS) is 1. The average Bonchev–Trinajstić information content (AvgIpc) is 2.35. The molecule has 1 aromatic heterocycles. The number of pyridine rings is 1. The molecule has 0 fully saturated rings. The second-order valence-electron chi connectivity index (χ2n) is 3.45. The molecule has 0 amide bonds. The number of carbonyl (C=O) groups is 1. The van der Waals surface area contributed by atoms with Crippen LogP contribution in [0, 0.1) is 11.3 Å². The number of rotatable bonds is 3. The SMILES string of the molecule is N#Cc1ccc2ccnc(NCC(=O)O)c2c1. The van der Waals surface area contributed by atoms with E-state index in [-0.39, 0.29) is 6.54 Å². The molecule has 2 aromatic rings. The molecular weight excluding hydrogens is 218 g/mol. The summed E-state index contributed by atoms with van der Waals surface area (Å²) < 4.78 is 0. The highest BCUT2D eigenvalue weighted by molar-refractivity contribution is 5.93. The van der Waals surface area contributed by atoms with Gasteiger partial charge in [0.2, 0.25) is 0 Å². The zero-order valence-electron chi connectivity index (χ0n) is 8.84. The molecule has 1 heterocycles. The van der Waals surface area contributed by atoms with Crippen LogP contribution in [-0.2, 0) is 4.79 Å². The Morgan fingerprint density at radius 3 is 3.00 bits per heavy atom. The number of benzene rings is 1. The molecule has 0 saturated heterocycles. The van der Waals surface area contributed by atoms with Crippen molar-refractivity contribution in [3.63, 3.8) is 0 Å². The lowest BCUT2D eigenvalue weighted by Crippen LogP contribution is -2.13. The van der Waals surface area contributed by atoms with Gasteiger partial charge in [-0.3, -0.25) is 4.79 Å². The van der Waals surface area contributed by atoms with Gasteiger partial charge in [-0.05, 0) is 23.6 Å². The molecule has 0 unspecified atom stereocenters. The van der Waals surface area contributed by atoms with Crippen molar-refractivity contribution in [2.75, 3.05) is 11.9 Å². The molecule has 0 radical (unpaired) electrons. The highest BCUT2D eigenvalue weighted by Gasteiger charge is 2.04. The van der Waals surface area contributed by atoms with Crippen LogP contribution in [0.5, 0.6) is 0 Å². The summed E-state index contributed by atoms with van der Waals surface area (Å²) in [6.07, 6.45) is 1.60. The van der Waals surface area contributed by atoms with E-state index in [1.165, 1.54) is 0 Å². The fourth-order valence-electron chi connectivity index (χ4n) is 1.54. The fourth-order valence-corrected chi connectivity index (χ4v) is 1.54. The van der Waals surface area contributed by atoms with E-state index in [2.05, 4.69) is 10.3 Å². The number of nitriles is 1. The monoisotopic (exact) mass is 227 g/mol. The van der Waals surface area contributed by atoms with E-state index in [0.29, 0.717) is 11.4 Å². The molecule has 84 valence electrons. The van der Waals surface area contributed by atoms with Crippen LogP contribution in [0.2, 0.25) is 0 Å². The van der Waals surface area contributed by atoms with E-state index in [1.807, 2.05) is 18.2 Å². The average molecular weight is 227 g/mol. The molecule has 5 heteroatoms. The molecule has 0 aliphatic carbocycles. The Kier molecular flexibility index (Phi) is 2.88. The maximum absolute atomic E-state index is 10.5. The number of carboxylic acids is 1. The molecule has 0 bridgehead atoms. The zero-order valence-corrected chi connectivity index (χ0v) is 8.84. The van der Waals surface area contributed by atoms with Crippen molar-refractivity contribution >= 4 is 22.6 Å². The van der Waals surface area contributed by atoms with Crippen LogP contribution >= 0.6 is 0 Å². The Morgan fingerprint density at radius 2 is 2.29 bits per heavy atom. The number of nitrogens with zero attached hydrogens (tertiary/aromatic N) is 2. The van der Waals surface area contributed by atoms with Gasteiger partial charge in [-0.25, -0.2) is 4.98 Å². The van der Waals surface area contributed by atoms with Crippen molar-refractivity contribution in [2.45, 2.75) is 0 Å². The van der Waals surface area contributed by atoms with Crippen LogP contribution in [0.25, 0.3) is 10.8 Å². The van der Waals surface area contributed by atoms with E-state index in [4.69, 9.17) is 10.4 Å². The van der Waals surface area contributed by atoms with Gasteiger partial charge in [0.15, 0.2) is 0 Å². The quantitative estimate of drug-likeness (QED) is 0.831. The number of nitrogens with one attached hydrogen (secondary N) is 1. The van der Waals surface area contributed by atoms with Crippen LogP contribution in [0.1, 0.15) is 5.56 Å². The van der Waals surface area contributed by atoms with Crippen molar-refractivity contribution in [3.8, 4) is 6.07 Å². The predicted molar refractivity (Wildman–Crippen MR) is 62.6 cm³/mol. The summed E-state index contributed by atoms with van der Waals surface area (Å²) in [5.41, 5.74) is 0.517. The Hall–Kier alpha value is -2.61. The minimum Gasteiger partial charge on any atom is -0.480 e. The first-order valence-electron chi connectivity index (χ1n) is 4.95. The molecule has 0 aliphatic rings. The number of fused-ring (bicyclic) bond motifs is 1. The first-order valence-corrected chi connectivity index (χ1v) is 4.95. The smallest absolute Gasteiger partial charge is 0.322 e. The molecule has 1 aromatic carbocycles. The normalized spacial score (nSPS) is 9.82. The Morgan fingerprint density at radius 1 is 1.47 bits per heavy atom. The van der Waals surface area contributed by atoms with E-state index in [0.717, 1.165) is 10.8 Å². The molecule has 2 rings (SSSR count). The Bertz CT molecular complexity index is 617. The lowest BCUT2D eigenvalue weighted by Gasteiger charge is -2.06. The number of hydrogen-bond donors (Lipinski definition) is 2. The van der Waals surface area contributed by atoms with Crippen molar-refractivity contribution in [1.82, 2.24) is 4.98 Å². The van der Waals surface area contributed by atoms with Crippen LogP contribution in [0.4, 0.5) is 5.82 Å². The van der Waals surface area contributed by atoms with Gasteiger partial charge in [-0.15, -0.1) is 0 Å². The first-order chi connectivity index (χ1) is 8.20. The topological polar surface area (TPSA) is 86.0 Å². The van der Waals surface area contributed by atoms with Gasteiger partial charge >= 0.3 is 5.97 Å². The molecule has 0 spiro atoms. The molecule has 5 nitrogen and oxygen atoms in total. The first kappa shape index (κ1) is 10.9. The van der Waals surface area contributed by atoms with Crippen molar-refractivity contribution in [1.29, 1.82) is 5.26 Å². The summed E-state index contributed by atoms with van der Waals surface area (Å²) in [7, 11) is 0. The third-order valence-corrected chi connectivity index (χ3v) is 2.30. The number of aromatic nitrogens is 1. The maximum Gasteiger partial charge on any atom is 0.322 e. The highest BCUT2D eigenvalue weighted by atomic mass is 16.4. The minimum absolute atomic E-state index is 0.205. The summed E-state index contributed by atoms with van der Waals surface area (Å²) in [5, 5.41) is 21.8. The van der Waals surface area contributed by atoms with Crippen LogP contribution in [0.15, 0.2) is 30.5 Å². The molecule has 0 atom stereocenters. The van der Waals surface area contributed by atoms with Crippen molar-refractivity contribution < 1.29 is 9.90 Å². The van der Waals surface area contributed by atoms with E-state index in [9.17, 15) is 4.79 Å². The van der Waals surface area contributed by atoms with Gasteiger partial charge in [-0.2, -0.15) is 5.26 Å². The zero-order chi connectivity index (χ0) is 12.3. The summed E-state index contributed by atoms with van der Waals surface area (Å²) in [5.74, 6) is -0.484. The van der Waals surface area contributed by atoms with Crippen molar-refractivity contribution in [3.05, 3.63) is 36.0 Å². The molecular formula is C12H9N3O2. The van der Waals surface area contributed by atoms with Crippen molar-refractivity contribution in [2.24, 2.45) is 0 Å². The number of anilines is 1. The number of aliphatic carboxylic acids is 1. The number of hydrogen-bond acceptors (Lipinski definition) is 4. The lowest BCUT2D eigenvalue weighted by atomic mass is 10.1. The minimum atomic E-state index is -0.958. The summed E-state index contributed by atoms with van der Waals surface area (Å²) in [4.78, 5) is 14.6. The molecule has 2 N–H and O–H groups in total. The fraction of sp³-hybridized carbons (Fsp3) is 0.0833. The van der Waals surface area contributed by atoms with E-state index < -0.39 is 5.97 Å². The predicted octanol–water partition coefficient (Wildman–Crippen LogP) is 1.60. The lowest BCUT2D eigenvalue weighted by molar-refractivity contribution is -0.134. The second kappa shape index (κ2) is 4.49. The van der Waals surface area contributed by atoms with Gasteiger partial charge in [0, 0.05) is 11.6 Å². The van der Waals surface area contributed by atoms with Gasteiger partial charge in [0.25, 0.3) is 0 Å². The largest absolute Gasteiger partial charge is 0.480 e. The summed E-state index contributed by atoms with van der Waals surface area (Å²) >= 11 is 0. The Balaban J connectivity index is 2.47. The third-order valence-electron chi connectivity index (χ3n) is 2.30. The second-order valence-corrected chi connectivity index (χ2v) is 3.45. The molecule has 17 heavy (non-hydrogen) atoms. The van der Waals surface area contributed by atoms with Gasteiger partial charge in [0.1, 0.15) is 12.4 Å². The Labute approximate surface area is 97.3 Å². The summed E-state index contributed by atoms with van der Waals surface area (Å²) in [6.45, 7) is -0.205. The van der Waals surface area contributed by atoms with E-state index >= 15 is 0 Å². The third kappa shape index (κ3) is 2.32. The van der Waals surface area contributed by atoms with Gasteiger partial charge in [0.05, 0.1) is 11.6 Å². The van der Waals surface area contributed by atoms with E-state index in [1.54, 1.807) is 18.3 Å². The maximum atomic E-state index is 10.5. The highest BCUT2D eigenvalue weighted by Crippen LogP contribution is 2.21. The summed E-state index contributed by atoms with van der Waals surface area (Å²) in [6, 6.07) is 9.05. The van der Waals surface area contributed by atoms with Gasteiger partial charge in [-0.1, -0.05) is 6.07 Å². The molecule has 0 aliphatic heterocycles. The standard InChI is InChI=1S/C12H9N3O2/c13-6-8-1-2-9-3-4-14-12(10(9)5-8)15-7-11(16)17/h1-5H,7H2,(H,14,15)(H,16,17). The van der Waals surface area contributed by atoms with Crippen LogP contribution < -0.4 is 5.32 Å².